The van der Waals surface area contributed by atoms with E-state index in [0.717, 1.165) is 40.5 Å². The van der Waals surface area contributed by atoms with E-state index in [1.54, 1.807) is 0 Å². The molecule has 1 aliphatic rings. The van der Waals surface area contributed by atoms with Crippen LogP contribution in [0, 0.1) is 12.8 Å². The van der Waals surface area contributed by atoms with Gasteiger partial charge in [0.2, 0.25) is 0 Å². The van der Waals surface area contributed by atoms with Gasteiger partial charge in [-0.3, -0.25) is 0 Å². The predicted molar refractivity (Wildman–Crippen MR) is 113 cm³/mol. The number of fused-ring (bicyclic) bond motifs is 1. The Morgan fingerprint density at radius 3 is 2.57 bits per heavy atom. The van der Waals surface area contributed by atoms with Gasteiger partial charge in [0.15, 0.2) is 0 Å². The molecule has 5 nitrogen and oxygen atoms in total. The quantitative estimate of drug-likeness (QED) is 0.621. The molecule has 0 amide bonds. The van der Waals surface area contributed by atoms with E-state index in [0.29, 0.717) is 13.1 Å². The number of nitrogens with one attached hydrogen (secondary N) is 2. The van der Waals surface area contributed by atoms with E-state index < -0.39 is 12.1 Å². The third-order valence-electron chi connectivity index (χ3n) is 5.76. The number of piperidine rings is 1. The van der Waals surface area contributed by atoms with E-state index in [1.165, 1.54) is 0 Å². The molecule has 0 radical (unpaired) electrons. The highest BCUT2D eigenvalue weighted by atomic mass is 19.4. The molecular formula is C22H26F3N5. The number of rotatable bonds is 5. The fourth-order valence-electron chi connectivity index (χ4n) is 4.03. The summed E-state index contributed by atoms with van der Waals surface area (Å²) >= 11 is 0. The van der Waals surface area contributed by atoms with Gasteiger partial charge in [-0.2, -0.15) is 13.2 Å². The Labute approximate surface area is 173 Å². The zero-order valence-corrected chi connectivity index (χ0v) is 17.1. The first-order valence-corrected chi connectivity index (χ1v) is 10.1. The van der Waals surface area contributed by atoms with E-state index in [4.69, 9.17) is 0 Å². The molecule has 2 aromatic heterocycles. The SMILES string of the molecule is CNCc1cnc2cc(Nc3ccc(N4CCC(C(F)(F)F)CC4)cc3C)ccn12. The standard InChI is InChI=1S/C22H26F3N5/c1-15-11-18(29-8-5-16(6-9-29)22(23,24)25)3-4-20(15)28-17-7-10-30-19(13-26-2)14-27-21(30)12-17/h3-4,7,10-12,14,16,26,28H,5-6,8-9,13H2,1-2H3. The molecule has 0 saturated carbocycles. The number of hydrogen-bond donors (Lipinski definition) is 2. The number of nitrogens with zero attached hydrogens (tertiary/aromatic N) is 3. The minimum atomic E-state index is -4.08. The molecule has 1 fully saturated rings. The summed E-state index contributed by atoms with van der Waals surface area (Å²) < 4.78 is 40.7. The lowest BCUT2D eigenvalue weighted by Gasteiger charge is -2.34. The van der Waals surface area contributed by atoms with E-state index in [1.807, 2.05) is 66.0 Å². The number of aromatic nitrogens is 2. The Hall–Kier alpha value is -2.74. The number of anilines is 3. The van der Waals surface area contributed by atoms with Crippen molar-refractivity contribution in [1.29, 1.82) is 0 Å². The summed E-state index contributed by atoms with van der Waals surface area (Å²) in [4.78, 5) is 6.50. The Balaban J connectivity index is 1.46. The second-order valence-electron chi connectivity index (χ2n) is 7.85. The molecule has 1 aliphatic heterocycles. The molecule has 0 atom stereocenters. The van der Waals surface area contributed by atoms with Gasteiger partial charge < -0.3 is 19.9 Å². The number of benzene rings is 1. The summed E-state index contributed by atoms with van der Waals surface area (Å²) in [5, 5.41) is 6.56. The van der Waals surface area contributed by atoms with Gasteiger partial charge in [0.1, 0.15) is 5.65 Å². The lowest BCUT2D eigenvalue weighted by molar-refractivity contribution is -0.179. The Bertz CT molecular complexity index is 1020. The molecule has 0 aliphatic carbocycles. The van der Waals surface area contributed by atoms with Crippen LogP contribution in [0.15, 0.2) is 42.7 Å². The fourth-order valence-corrected chi connectivity index (χ4v) is 4.03. The molecule has 0 unspecified atom stereocenters. The van der Waals surface area contributed by atoms with E-state index in [-0.39, 0.29) is 12.8 Å². The lowest BCUT2D eigenvalue weighted by atomic mass is 9.96. The van der Waals surface area contributed by atoms with Gasteiger partial charge in [-0.15, -0.1) is 0 Å². The second kappa shape index (κ2) is 8.18. The van der Waals surface area contributed by atoms with Crippen molar-refractivity contribution in [3.05, 3.63) is 54.0 Å². The highest BCUT2D eigenvalue weighted by molar-refractivity contribution is 5.69. The minimum absolute atomic E-state index is 0.155. The van der Waals surface area contributed by atoms with Gasteiger partial charge >= 0.3 is 6.18 Å². The van der Waals surface area contributed by atoms with Gasteiger partial charge in [0.25, 0.3) is 0 Å². The van der Waals surface area contributed by atoms with Crippen molar-refractivity contribution >= 4 is 22.7 Å². The van der Waals surface area contributed by atoms with Crippen LogP contribution < -0.4 is 15.5 Å². The molecular weight excluding hydrogens is 391 g/mol. The average molecular weight is 417 g/mol. The first-order chi connectivity index (χ1) is 14.3. The molecule has 1 saturated heterocycles. The molecule has 3 heterocycles. The van der Waals surface area contributed by atoms with Crippen LogP contribution in [-0.2, 0) is 6.54 Å². The normalized spacial score (nSPS) is 15.7. The van der Waals surface area contributed by atoms with E-state index in [9.17, 15) is 13.2 Å². The number of aryl methyl sites for hydroxylation is 1. The number of halogens is 3. The maximum Gasteiger partial charge on any atom is 0.391 e. The van der Waals surface area contributed by atoms with Crippen LogP contribution in [0.1, 0.15) is 24.1 Å². The first kappa shape index (κ1) is 20.5. The van der Waals surface area contributed by atoms with Crippen LogP contribution in [0.3, 0.4) is 0 Å². The molecule has 8 heteroatoms. The van der Waals surface area contributed by atoms with Crippen LogP contribution in [-0.4, -0.2) is 35.7 Å². The molecule has 160 valence electrons. The Kier molecular flexibility index (Phi) is 5.60. The topological polar surface area (TPSA) is 44.6 Å². The summed E-state index contributed by atoms with van der Waals surface area (Å²) in [5.74, 6) is -1.18. The van der Waals surface area contributed by atoms with Crippen LogP contribution in [0.4, 0.5) is 30.2 Å². The summed E-state index contributed by atoms with van der Waals surface area (Å²) in [7, 11) is 1.90. The Morgan fingerprint density at radius 1 is 1.13 bits per heavy atom. The third kappa shape index (κ3) is 4.23. The molecule has 0 bridgehead atoms. The molecule has 3 aromatic rings. The van der Waals surface area contributed by atoms with Crippen molar-refractivity contribution in [1.82, 2.24) is 14.7 Å². The summed E-state index contributed by atoms with van der Waals surface area (Å²) in [5.41, 5.74) is 5.88. The van der Waals surface area contributed by atoms with Crippen molar-refractivity contribution < 1.29 is 13.2 Å². The third-order valence-corrected chi connectivity index (χ3v) is 5.76. The number of imidazole rings is 1. The maximum absolute atomic E-state index is 12.9. The molecule has 4 rings (SSSR count). The van der Waals surface area contributed by atoms with Gasteiger partial charge in [-0.25, -0.2) is 4.98 Å². The molecule has 1 aromatic carbocycles. The minimum Gasteiger partial charge on any atom is -0.371 e. The number of alkyl halides is 3. The monoisotopic (exact) mass is 417 g/mol. The summed E-state index contributed by atoms with van der Waals surface area (Å²) in [6, 6.07) is 10.00. The van der Waals surface area contributed by atoms with Crippen molar-refractivity contribution in [3.63, 3.8) is 0 Å². The van der Waals surface area contributed by atoms with E-state index >= 15 is 0 Å². The molecule has 30 heavy (non-hydrogen) atoms. The van der Waals surface area contributed by atoms with Crippen LogP contribution in [0.25, 0.3) is 5.65 Å². The van der Waals surface area contributed by atoms with Crippen LogP contribution in [0.2, 0.25) is 0 Å². The van der Waals surface area contributed by atoms with Crippen LogP contribution >= 0.6 is 0 Å². The van der Waals surface area contributed by atoms with Gasteiger partial charge in [0.05, 0.1) is 17.8 Å². The highest BCUT2D eigenvalue weighted by Crippen LogP contribution is 2.36. The zero-order chi connectivity index (χ0) is 21.3. The fraction of sp³-hybridized carbons (Fsp3) is 0.409. The lowest BCUT2D eigenvalue weighted by Crippen LogP contribution is -2.39. The number of hydrogen-bond acceptors (Lipinski definition) is 4. The molecule has 0 spiro atoms. The predicted octanol–water partition coefficient (Wildman–Crippen LogP) is 4.88. The van der Waals surface area contributed by atoms with Crippen molar-refractivity contribution in [3.8, 4) is 0 Å². The smallest absolute Gasteiger partial charge is 0.371 e. The van der Waals surface area contributed by atoms with Crippen molar-refractivity contribution in [2.24, 2.45) is 5.92 Å². The summed E-state index contributed by atoms with van der Waals surface area (Å²) in [6.45, 7) is 3.62. The first-order valence-electron chi connectivity index (χ1n) is 10.1. The van der Waals surface area contributed by atoms with Crippen molar-refractivity contribution in [2.75, 3.05) is 30.4 Å². The van der Waals surface area contributed by atoms with E-state index in [2.05, 4.69) is 15.6 Å². The van der Waals surface area contributed by atoms with Gasteiger partial charge in [-0.05, 0) is 56.6 Å². The molecule has 2 N–H and O–H groups in total. The average Bonchev–Trinajstić information content (AvgIpc) is 3.11. The van der Waals surface area contributed by atoms with Gasteiger partial charge in [-0.1, -0.05) is 0 Å². The zero-order valence-electron chi connectivity index (χ0n) is 17.1. The second-order valence-corrected chi connectivity index (χ2v) is 7.85. The highest BCUT2D eigenvalue weighted by Gasteiger charge is 2.41. The van der Waals surface area contributed by atoms with Gasteiger partial charge in [0, 0.05) is 49.0 Å². The Morgan fingerprint density at radius 2 is 1.90 bits per heavy atom. The number of pyridine rings is 1. The van der Waals surface area contributed by atoms with Crippen molar-refractivity contribution in [2.45, 2.75) is 32.5 Å². The largest absolute Gasteiger partial charge is 0.391 e. The van der Waals surface area contributed by atoms with Crippen LogP contribution in [0.5, 0.6) is 0 Å². The maximum atomic E-state index is 12.9. The summed E-state index contributed by atoms with van der Waals surface area (Å²) in [6.07, 6.45) is 0.0772.